The third kappa shape index (κ3) is 4.29. The lowest BCUT2D eigenvalue weighted by atomic mass is 10.0. The summed E-state index contributed by atoms with van der Waals surface area (Å²) in [4.78, 5) is 2.50. The average molecular weight is 396 g/mol. The molecule has 1 saturated heterocycles. The Morgan fingerprint density at radius 3 is 2.72 bits per heavy atom. The molecule has 7 nitrogen and oxygen atoms in total. The van der Waals surface area contributed by atoms with Gasteiger partial charge in [-0.1, -0.05) is 18.0 Å². The number of rotatable bonds is 6. The number of hydrogen-bond donors (Lipinski definition) is 0. The molecule has 0 radical (unpaired) electrons. The van der Waals surface area contributed by atoms with Gasteiger partial charge in [0.05, 0.1) is 26.5 Å². The molecule has 1 unspecified atom stereocenters. The quantitative estimate of drug-likeness (QED) is 0.622. The molecule has 1 aliphatic rings. The molecule has 4 rings (SSSR count). The molecule has 2 aromatic heterocycles. The molecule has 1 aromatic carbocycles. The zero-order valence-corrected chi connectivity index (χ0v) is 17.3. The van der Waals surface area contributed by atoms with Gasteiger partial charge in [-0.25, -0.2) is 0 Å². The molecule has 1 aliphatic heterocycles. The molecule has 3 heterocycles. The van der Waals surface area contributed by atoms with Gasteiger partial charge in [0.15, 0.2) is 17.3 Å². The van der Waals surface area contributed by atoms with Crippen molar-refractivity contribution in [1.82, 2.24) is 19.8 Å². The van der Waals surface area contributed by atoms with Crippen molar-refractivity contribution in [2.45, 2.75) is 38.3 Å². The highest BCUT2D eigenvalue weighted by Crippen LogP contribution is 2.36. The van der Waals surface area contributed by atoms with E-state index in [0.717, 1.165) is 36.5 Å². The Kier molecular flexibility index (Phi) is 5.85. The molecular formula is C22H28N4O3. The van der Waals surface area contributed by atoms with Crippen LogP contribution >= 0.6 is 0 Å². The minimum Gasteiger partial charge on any atom is -0.493 e. The fraction of sp³-hybridized carbons (Fsp3) is 0.455. The van der Waals surface area contributed by atoms with Crippen molar-refractivity contribution < 1.29 is 14.0 Å². The van der Waals surface area contributed by atoms with E-state index in [1.54, 1.807) is 14.2 Å². The van der Waals surface area contributed by atoms with Gasteiger partial charge in [0.2, 0.25) is 0 Å². The SMILES string of the molecule is COc1ccc(-c2cc(C3CCCCCN3Cc3cnn(C)c3)no2)cc1OC. The molecule has 29 heavy (non-hydrogen) atoms. The van der Waals surface area contributed by atoms with Crippen LogP contribution in [0.4, 0.5) is 0 Å². The van der Waals surface area contributed by atoms with Crippen LogP contribution in [0.5, 0.6) is 11.5 Å². The lowest BCUT2D eigenvalue weighted by molar-refractivity contribution is 0.184. The summed E-state index contributed by atoms with van der Waals surface area (Å²) in [6.45, 7) is 1.93. The number of nitrogens with zero attached hydrogens (tertiary/aromatic N) is 4. The number of aryl methyl sites for hydroxylation is 1. The number of benzene rings is 1. The molecule has 0 saturated carbocycles. The highest BCUT2D eigenvalue weighted by molar-refractivity contribution is 5.62. The van der Waals surface area contributed by atoms with E-state index in [-0.39, 0.29) is 6.04 Å². The number of ether oxygens (including phenoxy) is 2. The van der Waals surface area contributed by atoms with Crippen molar-refractivity contribution >= 4 is 0 Å². The molecule has 0 amide bonds. The second kappa shape index (κ2) is 8.69. The Labute approximate surface area is 171 Å². The zero-order valence-electron chi connectivity index (χ0n) is 17.3. The lowest BCUT2D eigenvalue weighted by Crippen LogP contribution is -2.28. The molecular weight excluding hydrogens is 368 g/mol. The Balaban J connectivity index is 1.59. The summed E-state index contributed by atoms with van der Waals surface area (Å²) in [6, 6.07) is 8.08. The minimum absolute atomic E-state index is 0.246. The topological polar surface area (TPSA) is 65.5 Å². The van der Waals surface area contributed by atoms with E-state index in [1.807, 2.05) is 36.1 Å². The average Bonchev–Trinajstić information content (AvgIpc) is 3.32. The van der Waals surface area contributed by atoms with Crippen molar-refractivity contribution in [3.05, 3.63) is 47.9 Å². The van der Waals surface area contributed by atoms with E-state index < -0.39 is 0 Å². The number of hydrogen-bond acceptors (Lipinski definition) is 6. The Morgan fingerprint density at radius 2 is 1.97 bits per heavy atom. The fourth-order valence-electron chi connectivity index (χ4n) is 4.05. The first-order valence-corrected chi connectivity index (χ1v) is 10.1. The van der Waals surface area contributed by atoms with Gasteiger partial charge in [-0.15, -0.1) is 0 Å². The number of methoxy groups -OCH3 is 2. The summed E-state index contributed by atoms with van der Waals surface area (Å²) in [5.41, 5.74) is 3.14. The Hall–Kier alpha value is -2.80. The normalized spacial score (nSPS) is 17.8. The predicted molar refractivity (Wildman–Crippen MR) is 110 cm³/mol. The molecule has 1 fully saturated rings. The van der Waals surface area contributed by atoms with Crippen LogP contribution in [0.2, 0.25) is 0 Å². The van der Waals surface area contributed by atoms with Crippen molar-refractivity contribution in [1.29, 1.82) is 0 Å². The first-order valence-electron chi connectivity index (χ1n) is 10.1. The molecule has 0 spiro atoms. The van der Waals surface area contributed by atoms with E-state index in [2.05, 4.69) is 27.4 Å². The van der Waals surface area contributed by atoms with Crippen LogP contribution in [0.25, 0.3) is 11.3 Å². The fourth-order valence-corrected chi connectivity index (χ4v) is 4.05. The minimum atomic E-state index is 0.246. The number of likely N-dealkylation sites (tertiary alicyclic amines) is 1. The van der Waals surface area contributed by atoms with Crippen LogP contribution in [-0.4, -0.2) is 40.6 Å². The lowest BCUT2D eigenvalue weighted by Gasteiger charge is -2.27. The smallest absolute Gasteiger partial charge is 0.167 e. The van der Waals surface area contributed by atoms with E-state index in [4.69, 9.17) is 14.0 Å². The van der Waals surface area contributed by atoms with Gasteiger partial charge >= 0.3 is 0 Å². The predicted octanol–water partition coefficient (Wildman–Crippen LogP) is 4.21. The third-order valence-electron chi connectivity index (χ3n) is 5.55. The molecule has 154 valence electrons. The van der Waals surface area contributed by atoms with Crippen molar-refractivity contribution in [2.24, 2.45) is 7.05 Å². The zero-order chi connectivity index (χ0) is 20.2. The van der Waals surface area contributed by atoms with Gasteiger partial charge in [0.1, 0.15) is 5.69 Å². The van der Waals surface area contributed by atoms with E-state index in [0.29, 0.717) is 11.5 Å². The molecule has 7 heteroatoms. The Morgan fingerprint density at radius 1 is 1.10 bits per heavy atom. The standard InChI is InChI=1S/C22H28N4O3/c1-25-14-16(13-23-25)15-26-10-6-4-5-7-19(26)18-12-21(29-24-18)17-8-9-20(27-2)22(11-17)28-3/h8-9,11-14,19H,4-7,10,15H2,1-3H3. The van der Waals surface area contributed by atoms with Gasteiger partial charge < -0.3 is 14.0 Å². The second-order valence-electron chi connectivity index (χ2n) is 7.54. The van der Waals surface area contributed by atoms with Crippen LogP contribution in [0.1, 0.15) is 43.0 Å². The van der Waals surface area contributed by atoms with Crippen molar-refractivity contribution in [2.75, 3.05) is 20.8 Å². The second-order valence-corrected chi connectivity index (χ2v) is 7.54. The maximum atomic E-state index is 5.73. The number of aromatic nitrogens is 3. The highest BCUT2D eigenvalue weighted by Gasteiger charge is 2.26. The summed E-state index contributed by atoms with van der Waals surface area (Å²) in [7, 11) is 5.22. The molecule has 0 N–H and O–H groups in total. The summed E-state index contributed by atoms with van der Waals surface area (Å²) < 4.78 is 18.3. The van der Waals surface area contributed by atoms with Gasteiger partial charge in [-0.05, 0) is 37.6 Å². The molecule has 3 aromatic rings. The van der Waals surface area contributed by atoms with Gasteiger partial charge in [0.25, 0.3) is 0 Å². The summed E-state index contributed by atoms with van der Waals surface area (Å²) in [6.07, 6.45) is 8.77. The van der Waals surface area contributed by atoms with Crippen molar-refractivity contribution in [3.8, 4) is 22.8 Å². The summed E-state index contributed by atoms with van der Waals surface area (Å²) >= 11 is 0. The summed E-state index contributed by atoms with van der Waals surface area (Å²) in [5.74, 6) is 2.12. The van der Waals surface area contributed by atoms with Gasteiger partial charge in [0, 0.05) is 37.0 Å². The van der Waals surface area contributed by atoms with Crippen LogP contribution in [-0.2, 0) is 13.6 Å². The van der Waals surface area contributed by atoms with Gasteiger partial charge in [-0.2, -0.15) is 5.10 Å². The first-order chi connectivity index (χ1) is 14.2. The monoisotopic (exact) mass is 396 g/mol. The maximum Gasteiger partial charge on any atom is 0.167 e. The first kappa shape index (κ1) is 19.5. The molecule has 0 bridgehead atoms. The van der Waals surface area contributed by atoms with Crippen LogP contribution in [0.3, 0.4) is 0 Å². The Bertz CT molecular complexity index is 949. The van der Waals surface area contributed by atoms with Gasteiger partial charge in [-0.3, -0.25) is 9.58 Å². The van der Waals surface area contributed by atoms with Crippen molar-refractivity contribution in [3.63, 3.8) is 0 Å². The molecule has 1 atom stereocenters. The summed E-state index contributed by atoms with van der Waals surface area (Å²) in [5, 5.41) is 8.75. The largest absolute Gasteiger partial charge is 0.493 e. The van der Waals surface area contributed by atoms with Crippen LogP contribution < -0.4 is 9.47 Å². The highest BCUT2D eigenvalue weighted by atomic mass is 16.5. The van der Waals surface area contributed by atoms with E-state index in [1.165, 1.54) is 24.8 Å². The maximum absolute atomic E-state index is 5.73. The van der Waals surface area contributed by atoms with E-state index in [9.17, 15) is 0 Å². The molecule has 0 aliphatic carbocycles. The van der Waals surface area contributed by atoms with Crippen LogP contribution in [0, 0.1) is 0 Å². The van der Waals surface area contributed by atoms with Crippen LogP contribution in [0.15, 0.2) is 41.2 Å². The third-order valence-corrected chi connectivity index (χ3v) is 5.55. The van der Waals surface area contributed by atoms with E-state index >= 15 is 0 Å².